The molecule has 0 radical (unpaired) electrons. The minimum absolute atomic E-state index is 0.0256. The van der Waals surface area contributed by atoms with Crippen LogP contribution in [0.4, 0.5) is 5.69 Å². The van der Waals surface area contributed by atoms with Crippen LogP contribution in [0.2, 0.25) is 0 Å². The van der Waals surface area contributed by atoms with E-state index in [4.69, 9.17) is 5.73 Å². The highest BCUT2D eigenvalue weighted by Gasteiger charge is 2.32. The molecule has 29 heavy (non-hydrogen) atoms. The summed E-state index contributed by atoms with van der Waals surface area (Å²) in [6.07, 6.45) is 9.38. The van der Waals surface area contributed by atoms with Crippen LogP contribution in [-0.4, -0.2) is 30.4 Å². The Morgan fingerprint density at radius 1 is 1.07 bits per heavy atom. The normalized spacial score (nSPS) is 15.5. The zero-order chi connectivity index (χ0) is 20.7. The Labute approximate surface area is 172 Å². The number of hydrogen-bond acceptors (Lipinski definition) is 4. The topological polar surface area (TPSA) is 88.3 Å². The maximum absolute atomic E-state index is 12.5. The molecule has 1 heterocycles. The Balaban J connectivity index is 1.54. The summed E-state index contributed by atoms with van der Waals surface area (Å²) in [5.41, 5.74) is 8.35. The molecular formula is C23H30N4O2. The van der Waals surface area contributed by atoms with Crippen LogP contribution < -0.4 is 16.0 Å². The number of nitrogens with two attached hydrogens (primary N) is 1. The minimum Gasteiger partial charge on any atom is -0.352 e. The number of anilines is 1. The molecule has 1 aliphatic carbocycles. The number of rotatable bonds is 7. The molecule has 2 amide bonds. The van der Waals surface area contributed by atoms with Crippen LogP contribution in [0.5, 0.6) is 0 Å². The predicted molar refractivity (Wildman–Crippen MR) is 114 cm³/mol. The highest BCUT2D eigenvalue weighted by atomic mass is 16.2. The molecule has 0 saturated heterocycles. The van der Waals surface area contributed by atoms with Gasteiger partial charge in [0.15, 0.2) is 0 Å². The molecule has 0 unspecified atom stereocenters. The van der Waals surface area contributed by atoms with Crippen molar-refractivity contribution in [3.63, 3.8) is 0 Å². The van der Waals surface area contributed by atoms with E-state index in [1.165, 1.54) is 6.42 Å². The third kappa shape index (κ3) is 5.41. The van der Waals surface area contributed by atoms with Gasteiger partial charge in [-0.25, -0.2) is 0 Å². The predicted octanol–water partition coefficient (Wildman–Crippen LogP) is 3.27. The van der Waals surface area contributed by atoms with Crippen molar-refractivity contribution in [3.8, 4) is 0 Å². The Morgan fingerprint density at radius 3 is 2.34 bits per heavy atom. The first kappa shape index (κ1) is 21.0. The van der Waals surface area contributed by atoms with E-state index in [0.29, 0.717) is 25.1 Å². The van der Waals surface area contributed by atoms with Crippen molar-refractivity contribution in [2.75, 3.05) is 18.5 Å². The van der Waals surface area contributed by atoms with Gasteiger partial charge in [-0.05, 0) is 54.6 Å². The number of hydrogen-bond donors (Lipinski definition) is 2. The molecule has 1 saturated carbocycles. The first-order chi connectivity index (χ1) is 14.0. The average Bonchev–Trinajstić information content (AvgIpc) is 2.78. The van der Waals surface area contributed by atoms with Gasteiger partial charge >= 0.3 is 0 Å². The SMILES string of the molecule is CN(C(=O)c1ccncc1)c1ccc(CNC(=O)CC2(CN)CCCCC2)cc1. The number of benzene rings is 1. The highest BCUT2D eigenvalue weighted by molar-refractivity contribution is 6.05. The molecule has 154 valence electrons. The lowest BCUT2D eigenvalue weighted by Gasteiger charge is -2.35. The van der Waals surface area contributed by atoms with Crippen molar-refractivity contribution in [1.29, 1.82) is 0 Å². The average molecular weight is 395 g/mol. The van der Waals surface area contributed by atoms with E-state index in [1.807, 2.05) is 24.3 Å². The monoisotopic (exact) mass is 394 g/mol. The molecule has 3 rings (SSSR count). The highest BCUT2D eigenvalue weighted by Crippen LogP contribution is 2.38. The van der Waals surface area contributed by atoms with Gasteiger partial charge in [-0.1, -0.05) is 31.4 Å². The molecule has 1 aromatic carbocycles. The maximum Gasteiger partial charge on any atom is 0.258 e. The van der Waals surface area contributed by atoms with Crippen LogP contribution in [0.15, 0.2) is 48.8 Å². The lowest BCUT2D eigenvalue weighted by Crippen LogP contribution is -2.38. The third-order valence-corrected chi connectivity index (χ3v) is 5.93. The van der Waals surface area contributed by atoms with E-state index >= 15 is 0 Å². The van der Waals surface area contributed by atoms with Crippen molar-refractivity contribution in [2.45, 2.75) is 45.1 Å². The van der Waals surface area contributed by atoms with Crippen molar-refractivity contribution >= 4 is 17.5 Å². The summed E-state index contributed by atoms with van der Waals surface area (Å²) in [7, 11) is 1.75. The van der Waals surface area contributed by atoms with Crippen LogP contribution in [0.25, 0.3) is 0 Å². The molecule has 6 heteroatoms. The van der Waals surface area contributed by atoms with Gasteiger partial charge in [0.25, 0.3) is 5.91 Å². The number of nitrogens with zero attached hydrogens (tertiary/aromatic N) is 2. The molecule has 0 aliphatic heterocycles. The van der Waals surface area contributed by atoms with E-state index < -0.39 is 0 Å². The standard InChI is InChI=1S/C23H30N4O2/c1-27(22(29)19-9-13-25-14-10-19)20-7-5-18(6-8-20)16-26-21(28)15-23(17-24)11-3-2-4-12-23/h5-10,13-14H,2-4,11-12,15-17,24H2,1H3,(H,26,28). The van der Waals surface area contributed by atoms with Crippen LogP contribution in [0.1, 0.15) is 54.4 Å². The number of aromatic nitrogens is 1. The Hall–Kier alpha value is -2.73. The Morgan fingerprint density at radius 2 is 1.72 bits per heavy atom. The van der Waals surface area contributed by atoms with Crippen LogP contribution in [0, 0.1) is 5.41 Å². The fraction of sp³-hybridized carbons (Fsp3) is 0.435. The van der Waals surface area contributed by atoms with Gasteiger partial charge in [-0.3, -0.25) is 14.6 Å². The summed E-state index contributed by atoms with van der Waals surface area (Å²) in [6.45, 7) is 1.05. The van der Waals surface area contributed by atoms with E-state index in [9.17, 15) is 9.59 Å². The molecule has 0 spiro atoms. The van der Waals surface area contributed by atoms with Gasteiger partial charge in [0.1, 0.15) is 0 Å². The summed E-state index contributed by atoms with van der Waals surface area (Å²) in [5.74, 6) is -0.0283. The number of carbonyl (C=O) groups excluding carboxylic acids is 2. The van der Waals surface area contributed by atoms with Crippen molar-refractivity contribution in [3.05, 3.63) is 59.9 Å². The van der Waals surface area contributed by atoms with Crippen LogP contribution in [0.3, 0.4) is 0 Å². The summed E-state index contributed by atoms with van der Waals surface area (Å²) in [6, 6.07) is 11.1. The summed E-state index contributed by atoms with van der Waals surface area (Å²) < 4.78 is 0. The lowest BCUT2D eigenvalue weighted by molar-refractivity contribution is -0.124. The van der Waals surface area contributed by atoms with Gasteiger partial charge in [-0.2, -0.15) is 0 Å². The van der Waals surface area contributed by atoms with Gasteiger partial charge in [0.05, 0.1) is 0 Å². The minimum atomic E-state index is -0.0898. The largest absolute Gasteiger partial charge is 0.352 e. The summed E-state index contributed by atoms with van der Waals surface area (Å²) in [5, 5.41) is 3.02. The second-order valence-electron chi connectivity index (χ2n) is 7.98. The van der Waals surface area contributed by atoms with Gasteiger partial charge in [0.2, 0.25) is 5.91 Å². The zero-order valence-electron chi connectivity index (χ0n) is 17.1. The molecule has 6 nitrogen and oxygen atoms in total. The summed E-state index contributed by atoms with van der Waals surface area (Å²) in [4.78, 5) is 30.5. The molecule has 1 aliphatic rings. The van der Waals surface area contributed by atoms with Crippen molar-refractivity contribution < 1.29 is 9.59 Å². The number of amides is 2. The quantitative estimate of drug-likeness (QED) is 0.754. The number of pyridine rings is 1. The van der Waals surface area contributed by atoms with E-state index in [1.54, 1.807) is 36.5 Å². The van der Waals surface area contributed by atoms with Gasteiger partial charge in [-0.15, -0.1) is 0 Å². The van der Waals surface area contributed by atoms with Crippen LogP contribution in [-0.2, 0) is 11.3 Å². The first-order valence-electron chi connectivity index (χ1n) is 10.3. The number of nitrogens with one attached hydrogen (secondary N) is 1. The lowest BCUT2D eigenvalue weighted by atomic mass is 9.71. The molecule has 1 aromatic heterocycles. The van der Waals surface area contributed by atoms with Gasteiger partial charge in [0, 0.05) is 43.7 Å². The Kier molecular flexibility index (Phi) is 6.99. The van der Waals surface area contributed by atoms with Crippen molar-refractivity contribution in [2.24, 2.45) is 11.1 Å². The van der Waals surface area contributed by atoms with E-state index in [-0.39, 0.29) is 17.2 Å². The molecule has 1 fully saturated rings. The smallest absolute Gasteiger partial charge is 0.258 e. The molecule has 2 aromatic rings. The van der Waals surface area contributed by atoms with Gasteiger partial charge < -0.3 is 16.0 Å². The molecule has 3 N–H and O–H groups in total. The summed E-state index contributed by atoms with van der Waals surface area (Å²) >= 11 is 0. The molecule has 0 bridgehead atoms. The fourth-order valence-electron chi connectivity index (χ4n) is 4.00. The van der Waals surface area contributed by atoms with Crippen molar-refractivity contribution in [1.82, 2.24) is 10.3 Å². The first-order valence-corrected chi connectivity index (χ1v) is 10.3. The number of carbonyl (C=O) groups is 2. The zero-order valence-corrected chi connectivity index (χ0v) is 17.1. The fourth-order valence-corrected chi connectivity index (χ4v) is 4.00. The Bertz CT molecular complexity index is 815. The second-order valence-corrected chi connectivity index (χ2v) is 7.98. The van der Waals surface area contributed by atoms with E-state index in [2.05, 4.69) is 10.3 Å². The third-order valence-electron chi connectivity index (χ3n) is 5.93. The van der Waals surface area contributed by atoms with Crippen LogP contribution >= 0.6 is 0 Å². The molecular weight excluding hydrogens is 364 g/mol. The second kappa shape index (κ2) is 9.65. The van der Waals surface area contributed by atoms with E-state index in [0.717, 1.165) is 36.9 Å². The molecule has 0 atom stereocenters. The maximum atomic E-state index is 12.5.